The van der Waals surface area contributed by atoms with Crippen LogP contribution in [-0.2, 0) is 0 Å². The largest absolute Gasteiger partial charge is 0.368 e. The Morgan fingerprint density at radius 3 is 2.63 bits per heavy atom. The topological polar surface area (TPSA) is 122 Å². The molecule has 0 saturated carbocycles. The average Bonchev–Trinajstić information content (AvgIpc) is 3.07. The fraction of sp³-hybridized carbons (Fsp3) is 0.0526. The number of nitrogens with zero attached hydrogens (tertiary/aromatic N) is 3. The zero-order valence-electron chi connectivity index (χ0n) is 14.5. The van der Waals surface area contributed by atoms with Crippen molar-refractivity contribution in [2.75, 3.05) is 16.4 Å². The van der Waals surface area contributed by atoms with Crippen LogP contribution in [0.2, 0.25) is 0 Å². The number of amides is 1. The molecule has 8 nitrogen and oxygen atoms in total. The molecule has 0 saturated heterocycles. The Morgan fingerprint density at radius 1 is 1.07 bits per heavy atom. The molecule has 27 heavy (non-hydrogen) atoms. The second-order valence-corrected chi connectivity index (χ2v) is 6.08. The minimum Gasteiger partial charge on any atom is -0.368 e. The third-order valence-electron chi connectivity index (χ3n) is 4.03. The predicted octanol–water partition coefficient (Wildman–Crippen LogP) is 3.24. The molecule has 0 unspecified atom stereocenters. The first-order chi connectivity index (χ1) is 13.1. The van der Waals surface area contributed by atoms with Crippen LogP contribution in [-0.4, -0.2) is 26.1 Å². The molecule has 8 heteroatoms. The van der Waals surface area contributed by atoms with Crippen molar-refractivity contribution in [2.45, 2.75) is 6.92 Å². The maximum Gasteiger partial charge on any atom is 0.276 e. The maximum atomic E-state index is 12.6. The third kappa shape index (κ3) is 3.54. The molecule has 0 aliphatic carbocycles. The van der Waals surface area contributed by atoms with Gasteiger partial charge in [0, 0.05) is 23.0 Å². The monoisotopic (exact) mass is 359 g/mol. The summed E-state index contributed by atoms with van der Waals surface area (Å²) in [6.07, 6.45) is 1.57. The van der Waals surface area contributed by atoms with Crippen molar-refractivity contribution in [3.05, 3.63) is 66.0 Å². The lowest BCUT2D eigenvalue weighted by molar-refractivity contribution is 0.102. The number of nitrogen functional groups attached to an aromatic ring is 1. The predicted molar refractivity (Wildman–Crippen MR) is 105 cm³/mol. The summed E-state index contributed by atoms with van der Waals surface area (Å²) in [5, 5.41) is 13.7. The lowest BCUT2D eigenvalue weighted by Crippen LogP contribution is -2.12. The number of fused-ring (bicyclic) bond motifs is 1. The molecule has 0 fully saturated rings. The summed E-state index contributed by atoms with van der Waals surface area (Å²) >= 11 is 0. The van der Waals surface area contributed by atoms with Gasteiger partial charge in [-0.3, -0.25) is 9.89 Å². The first kappa shape index (κ1) is 16.5. The summed E-state index contributed by atoms with van der Waals surface area (Å²) in [6.45, 7) is 1.99. The van der Waals surface area contributed by atoms with Crippen molar-refractivity contribution in [1.29, 1.82) is 0 Å². The normalized spacial score (nSPS) is 10.7. The van der Waals surface area contributed by atoms with E-state index in [0.717, 1.165) is 16.8 Å². The number of anilines is 4. The molecule has 134 valence electrons. The van der Waals surface area contributed by atoms with Crippen molar-refractivity contribution < 1.29 is 4.79 Å². The highest BCUT2D eigenvalue weighted by Gasteiger charge is 2.15. The van der Waals surface area contributed by atoms with Crippen LogP contribution in [0.3, 0.4) is 0 Å². The van der Waals surface area contributed by atoms with Crippen LogP contribution >= 0.6 is 0 Å². The molecular weight excluding hydrogens is 342 g/mol. The summed E-state index contributed by atoms with van der Waals surface area (Å²) < 4.78 is 0. The molecule has 0 atom stereocenters. The SMILES string of the molecule is Cc1ccc(NC(=O)c2n[nH]c3ccc(Nc4ccnc(N)n4)cc23)cc1. The van der Waals surface area contributed by atoms with Gasteiger partial charge in [-0.2, -0.15) is 10.1 Å². The van der Waals surface area contributed by atoms with Crippen LogP contribution in [0.4, 0.5) is 23.1 Å². The van der Waals surface area contributed by atoms with Crippen molar-refractivity contribution in [3.8, 4) is 0 Å². The number of aromatic amines is 1. The van der Waals surface area contributed by atoms with E-state index in [1.165, 1.54) is 0 Å². The molecule has 5 N–H and O–H groups in total. The molecule has 2 aromatic carbocycles. The molecule has 0 aliphatic rings. The highest BCUT2D eigenvalue weighted by atomic mass is 16.1. The molecule has 0 bridgehead atoms. The van der Waals surface area contributed by atoms with Gasteiger partial charge < -0.3 is 16.4 Å². The Hall–Kier alpha value is -3.94. The lowest BCUT2D eigenvalue weighted by Gasteiger charge is -2.07. The van der Waals surface area contributed by atoms with Gasteiger partial charge in [0.15, 0.2) is 5.69 Å². The minimum absolute atomic E-state index is 0.183. The van der Waals surface area contributed by atoms with Crippen LogP contribution in [0.1, 0.15) is 16.1 Å². The van der Waals surface area contributed by atoms with Crippen molar-refractivity contribution in [2.24, 2.45) is 0 Å². The summed E-state index contributed by atoms with van der Waals surface area (Å²) in [7, 11) is 0. The van der Waals surface area contributed by atoms with Crippen LogP contribution < -0.4 is 16.4 Å². The number of H-pyrrole nitrogens is 1. The van der Waals surface area contributed by atoms with E-state index < -0.39 is 0 Å². The zero-order valence-corrected chi connectivity index (χ0v) is 14.5. The fourth-order valence-electron chi connectivity index (χ4n) is 2.68. The molecule has 4 rings (SSSR count). The van der Waals surface area contributed by atoms with Gasteiger partial charge in [0.1, 0.15) is 5.82 Å². The Bertz CT molecular complexity index is 1120. The highest BCUT2D eigenvalue weighted by Crippen LogP contribution is 2.23. The number of rotatable bonds is 4. The minimum atomic E-state index is -0.284. The maximum absolute atomic E-state index is 12.6. The number of nitrogens with one attached hydrogen (secondary N) is 3. The number of carbonyl (C=O) groups excluding carboxylic acids is 1. The second-order valence-electron chi connectivity index (χ2n) is 6.08. The van der Waals surface area contributed by atoms with Gasteiger partial charge in [0.25, 0.3) is 5.91 Å². The standard InChI is InChI=1S/C19H17N7O/c1-11-2-4-12(5-3-11)23-18(27)17-14-10-13(6-7-15(14)25-26-17)22-16-8-9-21-19(20)24-16/h2-10H,1H3,(H,23,27)(H,25,26)(H3,20,21,22,24). The summed E-state index contributed by atoms with van der Waals surface area (Å²) in [4.78, 5) is 20.6. The first-order valence-corrected chi connectivity index (χ1v) is 8.30. The molecule has 0 aliphatic heterocycles. The van der Waals surface area contributed by atoms with E-state index >= 15 is 0 Å². The quantitative estimate of drug-likeness (QED) is 0.444. The van der Waals surface area contributed by atoms with Crippen LogP contribution in [0.5, 0.6) is 0 Å². The Morgan fingerprint density at radius 2 is 1.85 bits per heavy atom. The van der Waals surface area contributed by atoms with Gasteiger partial charge in [-0.15, -0.1) is 0 Å². The van der Waals surface area contributed by atoms with Gasteiger partial charge in [-0.1, -0.05) is 17.7 Å². The van der Waals surface area contributed by atoms with Crippen molar-refractivity contribution in [1.82, 2.24) is 20.2 Å². The number of aryl methyl sites for hydroxylation is 1. The molecular formula is C19H17N7O. The first-order valence-electron chi connectivity index (χ1n) is 8.30. The van der Waals surface area contributed by atoms with Crippen molar-refractivity contribution in [3.63, 3.8) is 0 Å². The zero-order chi connectivity index (χ0) is 18.8. The van der Waals surface area contributed by atoms with Gasteiger partial charge in [0.2, 0.25) is 5.95 Å². The molecule has 0 spiro atoms. The Kier molecular flexibility index (Phi) is 4.13. The smallest absolute Gasteiger partial charge is 0.276 e. The fourth-order valence-corrected chi connectivity index (χ4v) is 2.68. The molecule has 0 radical (unpaired) electrons. The van der Waals surface area contributed by atoms with Crippen LogP contribution in [0, 0.1) is 6.92 Å². The van der Waals surface area contributed by atoms with E-state index in [1.807, 2.05) is 49.4 Å². The molecule has 1 amide bonds. The van der Waals surface area contributed by atoms with Gasteiger partial charge in [0.05, 0.1) is 5.52 Å². The number of aromatic nitrogens is 4. The summed E-state index contributed by atoms with van der Waals surface area (Å²) in [5.41, 5.74) is 9.28. The molecule has 4 aromatic rings. The van der Waals surface area contributed by atoms with E-state index in [9.17, 15) is 4.79 Å². The van der Waals surface area contributed by atoms with E-state index in [1.54, 1.807) is 12.3 Å². The van der Waals surface area contributed by atoms with E-state index in [4.69, 9.17) is 5.73 Å². The Balaban J connectivity index is 1.61. The molecule has 2 aromatic heterocycles. The lowest BCUT2D eigenvalue weighted by atomic mass is 10.1. The number of benzene rings is 2. The Labute approximate surface area is 154 Å². The number of hydrogen-bond acceptors (Lipinski definition) is 6. The summed E-state index contributed by atoms with van der Waals surface area (Å²) in [5.74, 6) is 0.465. The van der Waals surface area contributed by atoms with Gasteiger partial charge in [-0.25, -0.2) is 4.98 Å². The van der Waals surface area contributed by atoms with Gasteiger partial charge >= 0.3 is 0 Å². The van der Waals surface area contributed by atoms with E-state index in [2.05, 4.69) is 30.8 Å². The van der Waals surface area contributed by atoms with Gasteiger partial charge in [-0.05, 0) is 43.3 Å². The van der Waals surface area contributed by atoms with Crippen LogP contribution in [0.25, 0.3) is 10.9 Å². The van der Waals surface area contributed by atoms with E-state index in [0.29, 0.717) is 22.6 Å². The van der Waals surface area contributed by atoms with E-state index in [-0.39, 0.29) is 11.9 Å². The number of nitrogens with two attached hydrogens (primary N) is 1. The highest BCUT2D eigenvalue weighted by molar-refractivity contribution is 6.11. The second kappa shape index (κ2) is 6.75. The summed E-state index contributed by atoms with van der Waals surface area (Å²) in [6, 6.07) is 14.8. The van der Waals surface area contributed by atoms with Crippen LogP contribution in [0.15, 0.2) is 54.7 Å². The third-order valence-corrected chi connectivity index (χ3v) is 4.03. The number of carbonyl (C=O) groups is 1. The molecule has 2 heterocycles. The average molecular weight is 359 g/mol. The van der Waals surface area contributed by atoms with Crippen molar-refractivity contribution >= 4 is 40.0 Å². The number of hydrogen-bond donors (Lipinski definition) is 4.